The van der Waals surface area contributed by atoms with Crippen molar-refractivity contribution in [3.05, 3.63) is 47.4 Å². The summed E-state index contributed by atoms with van der Waals surface area (Å²) in [6.45, 7) is 0. The van der Waals surface area contributed by atoms with Crippen molar-refractivity contribution < 1.29 is 4.74 Å². The molecule has 2 rings (SSSR count). The molecule has 1 aromatic carbocycles. The first-order chi connectivity index (χ1) is 8.79. The van der Waals surface area contributed by atoms with Crippen LogP contribution in [0.4, 0.5) is 5.82 Å². The average Bonchev–Trinajstić information content (AvgIpc) is 2.42. The third-order valence-electron chi connectivity index (χ3n) is 2.15. The lowest BCUT2D eigenvalue weighted by Crippen LogP contribution is -1.95. The summed E-state index contributed by atoms with van der Waals surface area (Å²) >= 11 is 5.82. The van der Waals surface area contributed by atoms with E-state index < -0.39 is 0 Å². The largest absolute Gasteiger partial charge is 0.497 e. The fourth-order valence-electron chi connectivity index (χ4n) is 1.25. The molecule has 6 heteroatoms. The summed E-state index contributed by atoms with van der Waals surface area (Å²) in [5, 5.41) is 4.31. The van der Waals surface area contributed by atoms with Gasteiger partial charge in [0.1, 0.15) is 5.75 Å². The molecule has 0 aliphatic heterocycles. The van der Waals surface area contributed by atoms with Gasteiger partial charge in [-0.3, -0.25) is 5.43 Å². The molecule has 2 aromatic rings. The van der Waals surface area contributed by atoms with Crippen LogP contribution in [0.3, 0.4) is 0 Å². The molecule has 0 atom stereocenters. The minimum Gasteiger partial charge on any atom is -0.497 e. The molecule has 0 unspecified atom stereocenters. The van der Waals surface area contributed by atoms with Crippen LogP contribution >= 0.6 is 11.6 Å². The normalized spacial score (nSPS) is 10.6. The van der Waals surface area contributed by atoms with E-state index in [0.717, 1.165) is 11.3 Å². The van der Waals surface area contributed by atoms with Gasteiger partial charge in [-0.05, 0) is 29.8 Å². The maximum atomic E-state index is 5.82. The van der Waals surface area contributed by atoms with Crippen molar-refractivity contribution >= 4 is 23.6 Å². The summed E-state index contributed by atoms with van der Waals surface area (Å²) in [5.41, 5.74) is 3.66. The zero-order valence-electron chi connectivity index (χ0n) is 9.67. The van der Waals surface area contributed by atoms with E-state index in [9.17, 15) is 0 Å². The first-order valence-corrected chi connectivity index (χ1v) is 5.57. The standard InChI is InChI=1S/C12H11ClN4O/c1-18-10-4-2-9(3-5-10)8-16-17-12-11(13)14-6-7-15-12/h2-8H,1H3,(H,15,17)/b16-8-. The van der Waals surface area contributed by atoms with E-state index in [-0.39, 0.29) is 5.15 Å². The van der Waals surface area contributed by atoms with Crippen LogP contribution in [0, 0.1) is 0 Å². The predicted octanol–water partition coefficient (Wildman–Crippen LogP) is 2.58. The number of halogens is 1. The van der Waals surface area contributed by atoms with Crippen LogP contribution in [0.25, 0.3) is 0 Å². The maximum Gasteiger partial charge on any atom is 0.184 e. The molecule has 0 radical (unpaired) electrons. The molecule has 0 spiro atoms. The molecular weight excluding hydrogens is 252 g/mol. The minimum atomic E-state index is 0.282. The van der Waals surface area contributed by atoms with Gasteiger partial charge in [-0.2, -0.15) is 5.10 Å². The van der Waals surface area contributed by atoms with Crippen LogP contribution in [-0.4, -0.2) is 23.3 Å². The van der Waals surface area contributed by atoms with Gasteiger partial charge in [-0.1, -0.05) is 11.6 Å². The van der Waals surface area contributed by atoms with Gasteiger partial charge in [0.2, 0.25) is 0 Å². The number of methoxy groups -OCH3 is 1. The quantitative estimate of drug-likeness (QED) is 0.680. The van der Waals surface area contributed by atoms with Crippen molar-refractivity contribution in [3.8, 4) is 5.75 Å². The van der Waals surface area contributed by atoms with Gasteiger partial charge in [0, 0.05) is 12.4 Å². The monoisotopic (exact) mass is 262 g/mol. The van der Waals surface area contributed by atoms with Crippen molar-refractivity contribution in [2.24, 2.45) is 5.10 Å². The SMILES string of the molecule is COc1ccc(/C=N\Nc2nccnc2Cl)cc1. The van der Waals surface area contributed by atoms with Crippen LogP contribution < -0.4 is 10.2 Å². The van der Waals surface area contributed by atoms with E-state index in [2.05, 4.69) is 20.5 Å². The fraction of sp³-hybridized carbons (Fsp3) is 0.0833. The number of nitrogens with one attached hydrogen (secondary N) is 1. The molecule has 18 heavy (non-hydrogen) atoms. The van der Waals surface area contributed by atoms with Crippen molar-refractivity contribution in [1.29, 1.82) is 0 Å². The molecule has 92 valence electrons. The molecule has 1 heterocycles. The molecule has 0 bridgehead atoms. The van der Waals surface area contributed by atoms with Crippen molar-refractivity contribution in [2.45, 2.75) is 0 Å². The van der Waals surface area contributed by atoms with Crippen molar-refractivity contribution in [3.63, 3.8) is 0 Å². The molecule has 0 aliphatic rings. The van der Waals surface area contributed by atoms with E-state index in [1.807, 2.05) is 24.3 Å². The molecule has 0 saturated carbocycles. The third-order valence-corrected chi connectivity index (χ3v) is 2.43. The number of aromatic nitrogens is 2. The van der Waals surface area contributed by atoms with Gasteiger partial charge < -0.3 is 4.74 Å². The highest BCUT2D eigenvalue weighted by atomic mass is 35.5. The summed E-state index contributed by atoms with van der Waals surface area (Å²) in [6.07, 6.45) is 4.71. The first kappa shape index (κ1) is 12.3. The Kier molecular flexibility index (Phi) is 4.09. The second kappa shape index (κ2) is 5.97. The van der Waals surface area contributed by atoms with Crippen LogP contribution in [-0.2, 0) is 0 Å². The molecule has 1 aromatic heterocycles. The molecule has 5 nitrogen and oxygen atoms in total. The number of rotatable bonds is 4. The average molecular weight is 263 g/mol. The number of anilines is 1. The van der Waals surface area contributed by atoms with Gasteiger partial charge in [-0.15, -0.1) is 0 Å². The van der Waals surface area contributed by atoms with Gasteiger partial charge in [0.15, 0.2) is 11.0 Å². The first-order valence-electron chi connectivity index (χ1n) is 5.19. The molecule has 1 N–H and O–H groups in total. The maximum absolute atomic E-state index is 5.82. The molecule has 0 saturated heterocycles. The number of hydrogen-bond acceptors (Lipinski definition) is 5. The highest BCUT2D eigenvalue weighted by Gasteiger charge is 1.98. The summed E-state index contributed by atoms with van der Waals surface area (Å²) in [6, 6.07) is 7.50. The van der Waals surface area contributed by atoms with E-state index in [0.29, 0.717) is 5.82 Å². The second-order valence-electron chi connectivity index (χ2n) is 3.34. The molecule has 0 fully saturated rings. The Hall–Kier alpha value is -2.14. The van der Waals surface area contributed by atoms with Gasteiger partial charge in [0.25, 0.3) is 0 Å². The Balaban J connectivity index is 2.01. The van der Waals surface area contributed by atoms with Crippen LogP contribution in [0.15, 0.2) is 41.8 Å². The Morgan fingerprint density at radius 2 is 1.94 bits per heavy atom. The van der Waals surface area contributed by atoms with Gasteiger partial charge in [0.05, 0.1) is 13.3 Å². The Labute approximate surface area is 109 Å². The second-order valence-corrected chi connectivity index (χ2v) is 3.70. The van der Waals surface area contributed by atoms with E-state index >= 15 is 0 Å². The topological polar surface area (TPSA) is 59.4 Å². The molecular formula is C12H11ClN4O. The summed E-state index contributed by atoms with van der Waals surface area (Å²) < 4.78 is 5.06. The van der Waals surface area contributed by atoms with Crippen molar-refractivity contribution in [2.75, 3.05) is 12.5 Å². The Morgan fingerprint density at radius 1 is 1.22 bits per heavy atom. The highest BCUT2D eigenvalue weighted by Crippen LogP contribution is 2.14. The van der Waals surface area contributed by atoms with Crippen LogP contribution in [0.2, 0.25) is 5.15 Å². The van der Waals surface area contributed by atoms with Crippen LogP contribution in [0.1, 0.15) is 5.56 Å². The number of hydrogen-bond donors (Lipinski definition) is 1. The summed E-state index contributed by atoms with van der Waals surface area (Å²) in [5.74, 6) is 1.22. The zero-order chi connectivity index (χ0) is 12.8. The Morgan fingerprint density at radius 3 is 2.61 bits per heavy atom. The molecule has 0 aliphatic carbocycles. The summed E-state index contributed by atoms with van der Waals surface area (Å²) in [7, 11) is 1.63. The van der Waals surface area contributed by atoms with Crippen molar-refractivity contribution in [1.82, 2.24) is 9.97 Å². The highest BCUT2D eigenvalue weighted by molar-refractivity contribution is 6.31. The smallest absolute Gasteiger partial charge is 0.184 e. The fourth-order valence-corrected chi connectivity index (χ4v) is 1.40. The van der Waals surface area contributed by atoms with E-state index in [4.69, 9.17) is 16.3 Å². The number of nitrogens with zero attached hydrogens (tertiary/aromatic N) is 3. The van der Waals surface area contributed by atoms with Gasteiger partial charge >= 0.3 is 0 Å². The zero-order valence-corrected chi connectivity index (χ0v) is 10.4. The lowest BCUT2D eigenvalue weighted by Gasteiger charge is -2.00. The number of benzene rings is 1. The van der Waals surface area contributed by atoms with E-state index in [1.165, 1.54) is 12.4 Å². The third kappa shape index (κ3) is 3.18. The van der Waals surface area contributed by atoms with E-state index in [1.54, 1.807) is 13.3 Å². The lowest BCUT2D eigenvalue weighted by molar-refractivity contribution is 0.415. The predicted molar refractivity (Wildman–Crippen MR) is 71.3 cm³/mol. The minimum absolute atomic E-state index is 0.282. The lowest BCUT2D eigenvalue weighted by atomic mass is 10.2. The molecule has 0 amide bonds. The van der Waals surface area contributed by atoms with Gasteiger partial charge in [-0.25, -0.2) is 9.97 Å². The Bertz CT molecular complexity index is 542. The van der Waals surface area contributed by atoms with Crippen LogP contribution in [0.5, 0.6) is 5.75 Å². The number of hydrazone groups is 1. The summed E-state index contributed by atoms with van der Waals surface area (Å²) in [4.78, 5) is 7.87. The number of ether oxygens (including phenoxy) is 1.